The van der Waals surface area contributed by atoms with E-state index in [9.17, 15) is 41.9 Å². The highest BCUT2D eigenvalue weighted by Crippen LogP contribution is 2.29. The van der Waals surface area contributed by atoms with Crippen LogP contribution >= 0.6 is 23.5 Å². The second-order valence-corrected chi connectivity index (χ2v) is 16.3. The quantitative estimate of drug-likeness (QED) is 0.0538. The highest BCUT2D eigenvalue weighted by Gasteiger charge is 2.42. The minimum Gasteiger partial charge on any atom is -0.475 e. The van der Waals surface area contributed by atoms with E-state index in [0.29, 0.717) is 31.5 Å². The summed E-state index contributed by atoms with van der Waals surface area (Å²) in [6, 6.07) is 26.6. The fourth-order valence-electron chi connectivity index (χ4n) is 5.80. The van der Waals surface area contributed by atoms with E-state index < -0.39 is 36.1 Å². The molecule has 1 saturated heterocycles. The van der Waals surface area contributed by atoms with Crippen molar-refractivity contribution in [3.05, 3.63) is 96.6 Å². The van der Waals surface area contributed by atoms with Gasteiger partial charge in [-0.05, 0) is 55.5 Å². The number of benzene rings is 3. The number of amides is 4. The van der Waals surface area contributed by atoms with Crippen molar-refractivity contribution < 1.29 is 51.8 Å². The zero-order chi connectivity index (χ0) is 45.2. The third-order valence-corrected chi connectivity index (χ3v) is 10.7. The van der Waals surface area contributed by atoms with Crippen molar-refractivity contribution in [1.82, 2.24) is 10.6 Å². The van der Waals surface area contributed by atoms with Crippen molar-refractivity contribution >= 4 is 74.7 Å². The van der Waals surface area contributed by atoms with E-state index in [4.69, 9.17) is 15.6 Å². The summed E-state index contributed by atoms with van der Waals surface area (Å²) in [4.78, 5) is 81.3. The van der Waals surface area contributed by atoms with Crippen LogP contribution < -0.4 is 27.0 Å². The topological polar surface area (TPSA) is 214 Å². The Hall–Kier alpha value is -5.20. The predicted molar refractivity (Wildman–Crippen MR) is 233 cm³/mol. The molecular weight excluding hydrogens is 836 g/mol. The summed E-state index contributed by atoms with van der Waals surface area (Å²) in [6.45, 7) is 3.51. The third kappa shape index (κ3) is 21.8. The SMILES string of the molecule is CC(=O)SCCCCC[C@H](N)C(=O)Nc1ccccc1.CC(=O)SCCCCC[C@H](NC(=O)C1C(=O)NCC1c1ccccc1)C(=O)Nc1ccccc1.O=C(O)C(F)(F)F. The second-order valence-electron chi connectivity index (χ2n) is 13.8. The maximum absolute atomic E-state index is 13.2. The highest BCUT2D eigenvalue weighted by molar-refractivity contribution is 8.13. The van der Waals surface area contributed by atoms with Crippen LogP contribution in [0.1, 0.15) is 76.7 Å². The normalized spacial score (nSPS) is 15.3. The minimum atomic E-state index is -5.08. The van der Waals surface area contributed by atoms with Gasteiger partial charge in [-0.25, -0.2) is 4.79 Å². The molecule has 4 atom stereocenters. The number of thioether (sulfide) groups is 2. The molecule has 3 aromatic carbocycles. The Morgan fingerprint density at radius 2 is 1.16 bits per heavy atom. The molecule has 0 aromatic heterocycles. The number of nitrogens with one attached hydrogen (secondary N) is 4. The first-order valence-electron chi connectivity index (χ1n) is 19.7. The van der Waals surface area contributed by atoms with E-state index in [-0.39, 0.29) is 33.9 Å². The van der Waals surface area contributed by atoms with E-state index in [1.807, 2.05) is 78.9 Å². The van der Waals surface area contributed by atoms with Crippen LogP contribution in [0.5, 0.6) is 0 Å². The molecule has 2 unspecified atom stereocenters. The van der Waals surface area contributed by atoms with Crippen molar-refractivity contribution in [2.45, 2.75) is 89.4 Å². The van der Waals surface area contributed by atoms with Crippen LogP contribution in [0.25, 0.3) is 0 Å². The number of hydrogen-bond acceptors (Lipinski definition) is 10. The molecule has 18 heteroatoms. The van der Waals surface area contributed by atoms with E-state index in [2.05, 4.69) is 21.3 Å². The number of rotatable bonds is 19. The van der Waals surface area contributed by atoms with E-state index in [0.717, 1.165) is 54.9 Å². The minimum absolute atomic E-state index is 0.0928. The summed E-state index contributed by atoms with van der Waals surface area (Å²) in [5, 5.41) is 18.7. The number of carbonyl (C=O) groups is 7. The van der Waals surface area contributed by atoms with Gasteiger partial charge in [0.2, 0.25) is 23.6 Å². The standard InChI is InChI=1S/C26H31N3O4S.C15H22N2O2S.C2HF3O2/c1-18(30)34-16-10-4-9-15-22(24(31)28-20-13-7-3-8-14-20)29-26(33)23-21(17-27-25(23)32)19-11-5-2-6-12-19;1-12(18)20-11-7-3-6-10-14(16)15(19)17-13-8-4-2-5-9-13;3-2(4,5)1(6)7/h2-3,5-8,11-14,21-23H,4,9-10,15-17H2,1H3,(H,27,32)(H,28,31)(H,29,33);2,4-5,8-9,14H,3,6-7,10-11,16H2,1H3,(H,17,19);(H,6,7)/t21?,22-,23?;14-;/m00./s1. The number of para-hydroxylation sites is 2. The number of alkyl halides is 3. The molecular formula is C43H54F3N5O8S2. The second kappa shape index (κ2) is 28.3. The predicted octanol–water partition coefficient (Wildman–Crippen LogP) is 6.91. The molecule has 1 aliphatic rings. The van der Waals surface area contributed by atoms with Crippen molar-refractivity contribution in [3.8, 4) is 0 Å². The van der Waals surface area contributed by atoms with Gasteiger partial charge in [0.1, 0.15) is 12.0 Å². The molecule has 0 saturated carbocycles. The lowest BCUT2D eigenvalue weighted by atomic mass is 9.87. The summed E-state index contributed by atoms with van der Waals surface area (Å²) in [5.41, 5.74) is 8.18. The van der Waals surface area contributed by atoms with Crippen molar-refractivity contribution in [2.24, 2.45) is 11.7 Å². The molecule has 13 nitrogen and oxygen atoms in total. The van der Waals surface area contributed by atoms with E-state index >= 15 is 0 Å². The zero-order valence-electron chi connectivity index (χ0n) is 34.1. The number of carboxylic acids is 1. The molecule has 0 aliphatic carbocycles. The van der Waals surface area contributed by atoms with Gasteiger partial charge in [0.05, 0.1) is 6.04 Å². The number of unbranched alkanes of at least 4 members (excludes halogenated alkanes) is 4. The molecule has 3 aromatic rings. The number of carbonyl (C=O) groups excluding carboxylic acids is 6. The van der Waals surface area contributed by atoms with E-state index in [1.54, 1.807) is 26.0 Å². The summed E-state index contributed by atoms with van der Waals surface area (Å²) in [6.07, 6.45) is 1.31. The molecule has 7 N–H and O–H groups in total. The number of halogens is 3. The van der Waals surface area contributed by atoms with Crippen LogP contribution in [0.2, 0.25) is 0 Å². The first-order valence-corrected chi connectivity index (χ1v) is 21.6. The van der Waals surface area contributed by atoms with Crippen molar-refractivity contribution in [3.63, 3.8) is 0 Å². The van der Waals surface area contributed by atoms with Crippen LogP contribution in [0.15, 0.2) is 91.0 Å². The molecule has 1 fully saturated rings. The van der Waals surface area contributed by atoms with Gasteiger partial charge in [0, 0.05) is 49.2 Å². The third-order valence-electron chi connectivity index (χ3n) is 8.89. The van der Waals surface area contributed by atoms with Crippen molar-refractivity contribution in [1.29, 1.82) is 0 Å². The van der Waals surface area contributed by atoms with Gasteiger partial charge in [-0.1, -0.05) is 116 Å². The van der Waals surface area contributed by atoms with Crippen LogP contribution in [0, 0.1) is 5.92 Å². The molecule has 332 valence electrons. The molecule has 0 bridgehead atoms. The lowest BCUT2D eigenvalue weighted by Crippen LogP contribution is -2.48. The summed E-state index contributed by atoms with van der Waals surface area (Å²) < 4.78 is 31.7. The Kier molecular flexibility index (Phi) is 24.1. The lowest BCUT2D eigenvalue weighted by Gasteiger charge is -2.22. The van der Waals surface area contributed by atoms with Gasteiger partial charge in [-0.15, -0.1) is 0 Å². The van der Waals surface area contributed by atoms with Gasteiger partial charge >= 0.3 is 12.1 Å². The van der Waals surface area contributed by atoms with Gasteiger partial charge < -0.3 is 32.1 Å². The Morgan fingerprint density at radius 3 is 1.62 bits per heavy atom. The first-order chi connectivity index (χ1) is 29.0. The average molecular weight is 890 g/mol. The number of anilines is 2. The Morgan fingerprint density at radius 1 is 0.721 bits per heavy atom. The van der Waals surface area contributed by atoms with Crippen LogP contribution in [-0.4, -0.2) is 81.2 Å². The van der Waals surface area contributed by atoms with Gasteiger partial charge in [0.25, 0.3) is 0 Å². The summed E-state index contributed by atoms with van der Waals surface area (Å²) >= 11 is 2.64. The smallest absolute Gasteiger partial charge is 0.475 e. The van der Waals surface area contributed by atoms with Crippen LogP contribution in [0.3, 0.4) is 0 Å². The van der Waals surface area contributed by atoms with E-state index in [1.165, 1.54) is 23.5 Å². The maximum atomic E-state index is 13.2. The molecule has 0 spiro atoms. The fraction of sp³-hybridized carbons (Fsp3) is 0.419. The zero-order valence-corrected chi connectivity index (χ0v) is 35.7. The van der Waals surface area contributed by atoms with Crippen LogP contribution in [0.4, 0.5) is 24.5 Å². The number of aliphatic carboxylic acids is 1. The van der Waals surface area contributed by atoms with Gasteiger partial charge in [-0.3, -0.25) is 28.8 Å². The van der Waals surface area contributed by atoms with Gasteiger partial charge in [0.15, 0.2) is 10.2 Å². The maximum Gasteiger partial charge on any atom is 0.490 e. The molecule has 4 rings (SSSR count). The molecule has 61 heavy (non-hydrogen) atoms. The Labute approximate surface area is 362 Å². The largest absolute Gasteiger partial charge is 0.490 e. The molecule has 1 aliphatic heterocycles. The van der Waals surface area contributed by atoms with Gasteiger partial charge in [-0.2, -0.15) is 13.2 Å². The van der Waals surface area contributed by atoms with Crippen LogP contribution in [-0.2, 0) is 33.6 Å². The lowest BCUT2D eigenvalue weighted by molar-refractivity contribution is -0.192. The number of hydrogen-bond donors (Lipinski definition) is 6. The summed E-state index contributed by atoms with van der Waals surface area (Å²) in [7, 11) is 0. The fourth-order valence-corrected chi connectivity index (χ4v) is 7.08. The molecule has 0 radical (unpaired) electrons. The Bertz CT molecular complexity index is 1840. The average Bonchev–Trinajstić information content (AvgIpc) is 3.62. The Balaban J connectivity index is 0.000000399. The van der Waals surface area contributed by atoms with Crippen molar-refractivity contribution in [2.75, 3.05) is 28.7 Å². The number of carboxylic acid groups (broad SMARTS) is 1. The number of nitrogens with two attached hydrogens (primary N) is 1. The first kappa shape index (κ1) is 51.9. The molecule has 4 amide bonds. The molecule has 1 heterocycles. The monoisotopic (exact) mass is 889 g/mol. The highest BCUT2D eigenvalue weighted by atomic mass is 32.2. The summed E-state index contributed by atoms with van der Waals surface area (Å²) in [5.74, 6) is -3.56.